The topological polar surface area (TPSA) is 52.0 Å². The quantitative estimate of drug-likeness (QED) is 0.665. The molecule has 0 spiro atoms. The van der Waals surface area contributed by atoms with E-state index < -0.39 is 0 Å². The third-order valence-electron chi connectivity index (χ3n) is 3.19. The summed E-state index contributed by atoms with van der Waals surface area (Å²) in [5, 5.41) is 3.72. The molecule has 0 aliphatic heterocycles. The molecule has 1 saturated carbocycles. The molecule has 1 aromatic rings. The fourth-order valence-corrected chi connectivity index (χ4v) is 2.59. The Bertz CT molecular complexity index is 356. The van der Waals surface area contributed by atoms with E-state index in [4.69, 9.17) is 10.3 Å². The molecule has 2 bridgehead atoms. The normalized spacial score (nSPS) is 35.8. The van der Waals surface area contributed by atoms with Gasteiger partial charge in [-0.2, -0.15) is 0 Å². The van der Waals surface area contributed by atoms with Gasteiger partial charge in [0.05, 0.1) is 0 Å². The van der Waals surface area contributed by atoms with Crippen molar-refractivity contribution in [2.75, 3.05) is 5.73 Å². The molecule has 2 N–H and O–H groups in total. The molecular formula is C10H12N2O. The zero-order valence-corrected chi connectivity index (χ0v) is 7.31. The summed E-state index contributed by atoms with van der Waals surface area (Å²) in [5.74, 6) is 3.43. The molecule has 1 aromatic heterocycles. The van der Waals surface area contributed by atoms with Crippen LogP contribution in [-0.4, -0.2) is 5.16 Å². The highest BCUT2D eigenvalue weighted by molar-refractivity contribution is 5.30. The van der Waals surface area contributed by atoms with Gasteiger partial charge in [-0.1, -0.05) is 17.3 Å². The highest BCUT2D eigenvalue weighted by Crippen LogP contribution is 2.48. The van der Waals surface area contributed by atoms with Crippen LogP contribution in [0.5, 0.6) is 0 Å². The van der Waals surface area contributed by atoms with Crippen molar-refractivity contribution in [2.45, 2.75) is 18.8 Å². The van der Waals surface area contributed by atoms with Crippen molar-refractivity contribution in [1.29, 1.82) is 0 Å². The molecule has 0 amide bonds. The molecule has 68 valence electrons. The molecule has 3 unspecified atom stereocenters. The first kappa shape index (κ1) is 7.18. The first-order valence-electron chi connectivity index (χ1n) is 4.73. The number of hydrogen-bond donors (Lipinski definition) is 1. The summed E-state index contributed by atoms with van der Waals surface area (Å²) in [6.45, 7) is 0. The Morgan fingerprint density at radius 2 is 2.31 bits per heavy atom. The summed E-state index contributed by atoms with van der Waals surface area (Å²) in [6, 6.07) is 1.86. The van der Waals surface area contributed by atoms with E-state index >= 15 is 0 Å². The highest BCUT2D eigenvalue weighted by Gasteiger charge is 2.38. The van der Waals surface area contributed by atoms with Gasteiger partial charge in [0.25, 0.3) is 0 Å². The van der Waals surface area contributed by atoms with Crippen LogP contribution < -0.4 is 5.73 Å². The Morgan fingerprint density at radius 1 is 1.38 bits per heavy atom. The second-order valence-corrected chi connectivity index (χ2v) is 4.04. The number of rotatable bonds is 1. The number of nitrogen functional groups attached to an aromatic ring is 1. The lowest BCUT2D eigenvalue weighted by Gasteiger charge is -2.13. The minimum absolute atomic E-state index is 0.502. The van der Waals surface area contributed by atoms with Crippen molar-refractivity contribution in [1.82, 2.24) is 5.16 Å². The van der Waals surface area contributed by atoms with Gasteiger partial charge in [-0.3, -0.25) is 0 Å². The molecule has 0 radical (unpaired) electrons. The van der Waals surface area contributed by atoms with E-state index in [2.05, 4.69) is 17.3 Å². The van der Waals surface area contributed by atoms with Gasteiger partial charge in [0, 0.05) is 12.0 Å². The molecule has 13 heavy (non-hydrogen) atoms. The van der Waals surface area contributed by atoms with Gasteiger partial charge in [-0.15, -0.1) is 0 Å². The average molecular weight is 176 g/mol. The van der Waals surface area contributed by atoms with E-state index in [9.17, 15) is 0 Å². The fraction of sp³-hybridized carbons (Fsp3) is 0.500. The van der Waals surface area contributed by atoms with Crippen LogP contribution in [0.3, 0.4) is 0 Å². The maximum atomic E-state index is 5.52. The van der Waals surface area contributed by atoms with Crippen LogP contribution in [0.1, 0.15) is 24.5 Å². The lowest BCUT2D eigenvalue weighted by molar-refractivity contribution is 0.346. The van der Waals surface area contributed by atoms with Crippen molar-refractivity contribution in [2.24, 2.45) is 11.8 Å². The molecular weight excluding hydrogens is 164 g/mol. The number of hydrogen-bond acceptors (Lipinski definition) is 3. The van der Waals surface area contributed by atoms with E-state index in [1.165, 1.54) is 12.8 Å². The zero-order chi connectivity index (χ0) is 8.84. The minimum Gasteiger partial charge on any atom is -0.381 e. The van der Waals surface area contributed by atoms with Gasteiger partial charge in [0.1, 0.15) is 5.76 Å². The number of aromatic nitrogens is 1. The van der Waals surface area contributed by atoms with Crippen molar-refractivity contribution in [3.05, 3.63) is 24.0 Å². The summed E-state index contributed by atoms with van der Waals surface area (Å²) < 4.78 is 5.19. The second-order valence-electron chi connectivity index (χ2n) is 4.04. The molecule has 0 saturated heterocycles. The Hall–Kier alpha value is -1.25. The van der Waals surface area contributed by atoms with Crippen LogP contribution in [0.2, 0.25) is 0 Å². The van der Waals surface area contributed by atoms with Crippen molar-refractivity contribution < 1.29 is 4.52 Å². The highest BCUT2D eigenvalue weighted by atomic mass is 16.5. The molecule has 1 fully saturated rings. The Morgan fingerprint density at radius 3 is 2.85 bits per heavy atom. The number of allylic oxidation sites excluding steroid dienone is 2. The van der Waals surface area contributed by atoms with Gasteiger partial charge in [-0.05, 0) is 24.7 Å². The average Bonchev–Trinajstić information content (AvgIpc) is 2.77. The molecule has 2 aliphatic carbocycles. The Labute approximate surface area is 76.6 Å². The molecule has 3 atom stereocenters. The maximum absolute atomic E-state index is 5.52. The summed E-state index contributed by atoms with van der Waals surface area (Å²) in [7, 11) is 0. The van der Waals surface area contributed by atoms with E-state index in [1.54, 1.807) is 0 Å². The van der Waals surface area contributed by atoms with Crippen LogP contribution >= 0.6 is 0 Å². The molecule has 1 heterocycles. The number of anilines is 1. The van der Waals surface area contributed by atoms with Crippen molar-refractivity contribution in [3.8, 4) is 0 Å². The number of fused-ring (bicyclic) bond motifs is 2. The standard InChI is InChI=1S/C10H12N2O/c11-10-5-9(13-12-10)8-4-6-1-2-7(8)3-6/h1-2,5-8H,3-4H2,(H2,11,12). The third-order valence-corrected chi connectivity index (χ3v) is 3.19. The summed E-state index contributed by atoms with van der Waals surface area (Å²) in [5.41, 5.74) is 5.52. The largest absolute Gasteiger partial charge is 0.381 e. The number of nitrogens with zero attached hydrogens (tertiary/aromatic N) is 1. The van der Waals surface area contributed by atoms with Crippen molar-refractivity contribution >= 4 is 5.82 Å². The Balaban J connectivity index is 1.91. The summed E-state index contributed by atoms with van der Waals surface area (Å²) in [6.07, 6.45) is 7.11. The van der Waals surface area contributed by atoms with Gasteiger partial charge in [0.15, 0.2) is 5.82 Å². The van der Waals surface area contributed by atoms with Gasteiger partial charge in [0.2, 0.25) is 0 Å². The number of nitrogens with two attached hydrogens (primary N) is 1. The first-order valence-corrected chi connectivity index (χ1v) is 4.73. The molecule has 3 rings (SSSR count). The lowest BCUT2D eigenvalue weighted by atomic mass is 9.91. The molecule has 3 heteroatoms. The van der Waals surface area contributed by atoms with E-state index in [0.717, 1.165) is 11.7 Å². The van der Waals surface area contributed by atoms with Crippen LogP contribution in [0.25, 0.3) is 0 Å². The molecule has 2 aliphatic rings. The first-order chi connectivity index (χ1) is 6.33. The minimum atomic E-state index is 0.502. The molecule has 0 aromatic carbocycles. The monoisotopic (exact) mass is 176 g/mol. The smallest absolute Gasteiger partial charge is 0.167 e. The lowest BCUT2D eigenvalue weighted by Crippen LogP contribution is -2.03. The summed E-state index contributed by atoms with van der Waals surface area (Å²) in [4.78, 5) is 0. The predicted molar refractivity (Wildman–Crippen MR) is 49.0 cm³/mol. The van der Waals surface area contributed by atoms with Gasteiger partial charge >= 0.3 is 0 Å². The fourth-order valence-electron chi connectivity index (χ4n) is 2.59. The molecule has 3 nitrogen and oxygen atoms in total. The van der Waals surface area contributed by atoms with Gasteiger partial charge < -0.3 is 10.3 Å². The third kappa shape index (κ3) is 0.996. The maximum Gasteiger partial charge on any atom is 0.167 e. The van der Waals surface area contributed by atoms with Crippen molar-refractivity contribution in [3.63, 3.8) is 0 Å². The van der Waals surface area contributed by atoms with Crippen LogP contribution in [0.15, 0.2) is 22.7 Å². The van der Waals surface area contributed by atoms with E-state index in [1.807, 2.05) is 6.07 Å². The zero-order valence-electron chi connectivity index (χ0n) is 7.31. The second kappa shape index (κ2) is 2.37. The summed E-state index contributed by atoms with van der Waals surface area (Å²) >= 11 is 0. The Kier molecular flexibility index (Phi) is 1.31. The van der Waals surface area contributed by atoms with Crippen LogP contribution in [-0.2, 0) is 0 Å². The SMILES string of the molecule is Nc1cc(C2CC3C=CC2C3)on1. The van der Waals surface area contributed by atoms with Gasteiger partial charge in [-0.25, -0.2) is 0 Å². The van der Waals surface area contributed by atoms with E-state index in [0.29, 0.717) is 17.7 Å². The predicted octanol–water partition coefficient (Wildman–Crippen LogP) is 1.94. The van der Waals surface area contributed by atoms with E-state index in [-0.39, 0.29) is 0 Å². The van der Waals surface area contributed by atoms with Crippen LogP contribution in [0.4, 0.5) is 5.82 Å². The van der Waals surface area contributed by atoms with Crippen LogP contribution in [0, 0.1) is 11.8 Å².